The molecule has 10 nitrogen and oxygen atoms in total. The molecule has 0 radical (unpaired) electrons. The van der Waals surface area contributed by atoms with Gasteiger partial charge in [-0.15, -0.1) is 0 Å². The molecule has 2 saturated heterocycles. The zero-order chi connectivity index (χ0) is 27.8. The van der Waals surface area contributed by atoms with E-state index >= 15 is 0 Å². The number of likely N-dealkylation sites (N-methyl/N-ethyl adjacent to an activating group) is 2. The van der Waals surface area contributed by atoms with E-state index < -0.39 is 12.2 Å². The Hall–Kier alpha value is -4.05. The molecule has 0 saturated carbocycles. The SMILES string of the molecule is CN1C(=O)C2C(N=C3N(CCCCCN4CCN(c5ccccc5O)CC4)C(c4ccccc4)=CN32)N(C)C1=O. The molecule has 3 amide bonds. The molecule has 0 aromatic heterocycles. The third-order valence-corrected chi connectivity index (χ3v) is 8.44. The predicted octanol–water partition coefficient (Wildman–Crippen LogP) is 2.89. The summed E-state index contributed by atoms with van der Waals surface area (Å²) >= 11 is 0. The summed E-state index contributed by atoms with van der Waals surface area (Å²) in [6.45, 7) is 5.66. The predicted molar refractivity (Wildman–Crippen MR) is 155 cm³/mol. The van der Waals surface area contributed by atoms with Crippen LogP contribution in [0.2, 0.25) is 0 Å². The van der Waals surface area contributed by atoms with Gasteiger partial charge in [0.05, 0.1) is 11.4 Å². The highest BCUT2D eigenvalue weighted by Crippen LogP contribution is 2.37. The first-order valence-corrected chi connectivity index (χ1v) is 14.1. The third-order valence-electron chi connectivity index (χ3n) is 8.44. The Kier molecular flexibility index (Phi) is 7.10. The number of piperazine rings is 1. The van der Waals surface area contributed by atoms with Crippen LogP contribution in [0.5, 0.6) is 5.75 Å². The lowest BCUT2D eigenvalue weighted by molar-refractivity contribution is -0.135. The second-order valence-electron chi connectivity index (χ2n) is 10.9. The van der Waals surface area contributed by atoms with Gasteiger partial charge in [0.15, 0.2) is 12.2 Å². The minimum absolute atomic E-state index is 0.222. The normalized spacial score (nSPS) is 23.0. The van der Waals surface area contributed by atoms with Crippen molar-refractivity contribution in [3.8, 4) is 5.75 Å². The van der Waals surface area contributed by atoms with Gasteiger partial charge in [0.2, 0.25) is 5.96 Å². The van der Waals surface area contributed by atoms with Crippen LogP contribution >= 0.6 is 0 Å². The molecule has 2 aromatic carbocycles. The van der Waals surface area contributed by atoms with E-state index in [4.69, 9.17) is 4.99 Å². The quantitative estimate of drug-likeness (QED) is 0.513. The number of aliphatic imine (C=N–C) groups is 1. The molecule has 2 fully saturated rings. The Balaban J connectivity index is 1.06. The molecule has 0 spiro atoms. The molecule has 4 aliphatic rings. The maximum Gasteiger partial charge on any atom is 0.328 e. The average Bonchev–Trinajstić information content (AvgIpc) is 3.53. The Bertz CT molecular complexity index is 1320. The molecule has 4 heterocycles. The molecular formula is C30H37N7O3. The summed E-state index contributed by atoms with van der Waals surface area (Å²) in [5.74, 6) is 0.874. The summed E-state index contributed by atoms with van der Waals surface area (Å²) in [6.07, 6.45) is 4.69. The van der Waals surface area contributed by atoms with Gasteiger partial charge in [-0.2, -0.15) is 0 Å². The lowest BCUT2D eigenvalue weighted by Gasteiger charge is -2.38. The molecule has 0 aliphatic carbocycles. The molecule has 210 valence electrons. The van der Waals surface area contributed by atoms with E-state index in [1.807, 2.05) is 47.5 Å². The fourth-order valence-corrected chi connectivity index (χ4v) is 6.15. The number of para-hydroxylation sites is 2. The van der Waals surface area contributed by atoms with Crippen LogP contribution in [-0.4, -0.2) is 113 Å². The van der Waals surface area contributed by atoms with Crippen molar-refractivity contribution in [3.05, 3.63) is 66.4 Å². The number of phenols is 1. The maximum absolute atomic E-state index is 13.1. The Morgan fingerprint density at radius 1 is 0.875 bits per heavy atom. The summed E-state index contributed by atoms with van der Waals surface area (Å²) in [4.78, 5) is 42.2. The fourth-order valence-electron chi connectivity index (χ4n) is 6.15. The van der Waals surface area contributed by atoms with Crippen molar-refractivity contribution in [3.63, 3.8) is 0 Å². The number of carbonyl (C=O) groups excluding carboxylic acids is 2. The highest BCUT2D eigenvalue weighted by atomic mass is 16.3. The summed E-state index contributed by atoms with van der Waals surface area (Å²) < 4.78 is 0. The van der Waals surface area contributed by atoms with Crippen LogP contribution in [0.15, 0.2) is 65.8 Å². The Labute approximate surface area is 235 Å². The van der Waals surface area contributed by atoms with Crippen molar-refractivity contribution in [2.45, 2.75) is 31.5 Å². The molecule has 2 aromatic rings. The molecule has 2 atom stereocenters. The van der Waals surface area contributed by atoms with Crippen LogP contribution in [0.4, 0.5) is 10.5 Å². The van der Waals surface area contributed by atoms with Gasteiger partial charge in [-0.3, -0.25) is 14.6 Å². The standard InChI is InChI=1S/C30H37N7O3/c1-32-27-26(28(39)33(2)30(32)40)37-21-24(22-11-5-3-6-12-22)36(29(37)31-27)16-10-4-9-15-34-17-19-35(20-18-34)23-13-7-8-14-25(23)38/h3,5-8,11-14,21,26-27,38H,4,9-10,15-20H2,1-2H3. The number of phenolic OH excluding ortho intramolecular Hbond substituents is 1. The van der Waals surface area contributed by atoms with Crippen LogP contribution in [-0.2, 0) is 4.79 Å². The second kappa shape index (κ2) is 10.8. The number of hydrogen-bond donors (Lipinski definition) is 1. The molecule has 4 aliphatic heterocycles. The zero-order valence-corrected chi connectivity index (χ0v) is 23.2. The van der Waals surface area contributed by atoms with E-state index in [0.29, 0.717) is 5.75 Å². The smallest absolute Gasteiger partial charge is 0.328 e. The minimum atomic E-state index is -0.539. The Morgan fingerprint density at radius 3 is 2.33 bits per heavy atom. The van der Waals surface area contributed by atoms with Crippen molar-refractivity contribution in [1.29, 1.82) is 0 Å². The lowest BCUT2D eigenvalue weighted by Crippen LogP contribution is -2.63. The van der Waals surface area contributed by atoms with Crippen molar-refractivity contribution in [1.82, 2.24) is 24.5 Å². The van der Waals surface area contributed by atoms with Crippen molar-refractivity contribution >= 4 is 29.3 Å². The summed E-state index contributed by atoms with van der Waals surface area (Å²) in [7, 11) is 3.25. The number of guanidine groups is 1. The maximum atomic E-state index is 13.1. The van der Waals surface area contributed by atoms with Gasteiger partial charge in [0.1, 0.15) is 5.75 Å². The highest BCUT2D eigenvalue weighted by molar-refractivity contribution is 6.06. The summed E-state index contributed by atoms with van der Waals surface area (Å²) in [6, 6.07) is 16.9. The first-order valence-electron chi connectivity index (χ1n) is 14.1. The van der Waals surface area contributed by atoms with E-state index in [1.165, 1.54) is 11.9 Å². The van der Waals surface area contributed by atoms with E-state index in [0.717, 1.165) is 81.4 Å². The fraction of sp³-hybridized carbons (Fsp3) is 0.433. The first-order chi connectivity index (χ1) is 19.4. The number of fused-ring (bicyclic) bond motifs is 3. The number of anilines is 1. The number of imide groups is 1. The third kappa shape index (κ3) is 4.66. The molecular weight excluding hydrogens is 506 g/mol. The number of amides is 3. The monoisotopic (exact) mass is 543 g/mol. The lowest BCUT2D eigenvalue weighted by atomic mass is 10.1. The van der Waals surface area contributed by atoms with Gasteiger partial charge in [-0.1, -0.05) is 48.9 Å². The van der Waals surface area contributed by atoms with Gasteiger partial charge in [0.25, 0.3) is 5.91 Å². The number of hydrogen-bond acceptors (Lipinski definition) is 8. The number of urea groups is 1. The first kappa shape index (κ1) is 26.2. The van der Waals surface area contributed by atoms with Crippen LogP contribution in [0.25, 0.3) is 5.70 Å². The largest absolute Gasteiger partial charge is 0.506 e. The summed E-state index contributed by atoms with van der Waals surface area (Å²) in [5.41, 5.74) is 3.04. The van der Waals surface area contributed by atoms with Crippen molar-refractivity contribution < 1.29 is 14.7 Å². The molecule has 0 bridgehead atoms. The Morgan fingerprint density at radius 2 is 1.57 bits per heavy atom. The molecule has 40 heavy (non-hydrogen) atoms. The second-order valence-corrected chi connectivity index (χ2v) is 10.9. The van der Waals surface area contributed by atoms with E-state index in [2.05, 4.69) is 26.8 Å². The molecule has 6 rings (SSSR count). The topological polar surface area (TPSA) is 86.2 Å². The molecule has 1 N–H and O–H groups in total. The van der Waals surface area contributed by atoms with Gasteiger partial charge >= 0.3 is 6.03 Å². The average molecular weight is 544 g/mol. The van der Waals surface area contributed by atoms with E-state index in [9.17, 15) is 14.7 Å². The van der Waals surface area contributed by atoms with Gasteiger partial charge in [-0.05, 0) is 37.1 Å². The van der Waals surface area contributed by atoms with E-state index in [-0.39, 0.29) is 11.9 Å². The minimum Gasteiger partial charge on any atom is -0.506 e. The van der Waals surface area contributed by atoms with Crippen LogP contribution in [0.3, 0.4) is 0 Å². The molecule has 2 unspecified atom stereocenters. The van der Waals surface area contributed by atoms with Crippen molar-refractivity contribution in [2.75, 3.05) is 58.3 Å². The number of carbonyl (C=O) groups is 2. The molecule has 10 heteroatoms. The van der Waals surface area contributed by atoms with Crippen LogP contribution in [0.1, 0.15) is 24.8 Å². The van der Waals surface area contributed by atoms with Crippen LogP contribution < -0.4 is 4.90 Å². The van der Waals surface area contributed by atoms with Crippen molar-refractivity contribution in [2.24, 2.45) is 4.99 Å². The number of aromatic hydroxyl groups is 1. The number of benzene rings is 2. The van der Waals surface area contributed by atoms with E-state index in [1.54, 1.807) is 18.0 Å². The van der Waals surface area contributed by atoms with Gasteiger partial charge < -0.3 is 24.7 Å². The number of unbranched alkanes of at least 4 members (excludes halogenated alkanes) is 2. The number of rotatable bonds is 8. The van der Waals surface area contributed by atoms with Crippen LogP contribution in [0, 0.1) is 0 Å². The van der Waals surface area contributed by atoms with Gasteiger partial charge in [0, 0.05) is 53.0 Å². The zero-order valence-electron chi connectivity index (χ0n) is 23.2. The van der Waals surface area contributed by atoms with Gasteiger partial charge in [-0.25, -0.2) is 9.79 Å². The number of nitrogens with zero attached hydrogens (tertiary/aromatic N) is 7. The highest BCUT2D eigenvalue weighted by Gasteiger charge is 2.53. The summed E-state index contributed by atoms with van der Waals surface area (Å²) in [5, 5.41) is 10.2.